The number of anilines is 2. The van der Waals surface area contributed by atoms with Crippen molar-refractivity contribution in [3.8, 4) is 5.69 Å². The predicted molar refractivity (Wildman–Crippen MR) is 119 cm³/mol. The van der Waals surface area contributed by atoms with Gasteiger partial charge >= 0.3 is 0 Å². The highest BCUT2D eigenvalue weighted by Crippen LogP contribution is 2.30. The maximum atomic E-state index is 13.9. The highest BCUT2D eigenvalue weighted by molar-refractivity contribution is 8.00. The molecule has 1 unspecified atom stereocenters. The molecule has 0 aliphatic carbocycles. The van der Waals surface area contributed by atoms with Gasteiger partial charge in [-0.3, -0.25) is 9.36 Å². The molecular formula is C22H23F2N5O2S. The number of aryl methyl sites for hydroxylation is 1. The molecule has 1 aliphatic heterocycles. The van der Waals surface area contributed by atoms with Crippen LogP contribution in [0.3, 0.4) is 0 Å². The van der Waals surface area contributed by atoms with E-state index in [0.29, 0.717) is 37.4 Å². The van der Waals surface area contributed by atoms with Crippen LogP contribution in [0, 0.1) is 18.6 Å². The van der Waals surface area contributed by atoms with Crippen molar-refractivity contribution in [2.24, 2.45) is 0 Å². The number of carbonyl (C=O) groups is 1. The van der Waals surface area contributed by atoms with Crippen LogP contribution in [-0.2, 0) is 9.53 Å². The molecule has 1 saturated heterocycles. The third-order valence-corrected chi connectivity index (χ3v) is 6.09. The van der Waals surface area contributed by atoms with E-state index in [9.17, 15) is 13.6 Å². The van der Waals surface area contributed by atoms with Gasteiger partial charge in [0.1, 0.15) is 11.6 Å². The van der Waals surface area contributed by atoms with Gasteiger partial charge in [0.25, 0.3) is 0 Å². The molecule has 7 nitrogen and oxygen atoms in total. The summed E-state index contributed by atoms with van der Waals surface area (Å²) in [7, 11) is 0. The molecular weight excluding hydrogens is 436 g/mol. The van der Waals surface area contributed by atoms with Crippen molar-refractivity contribution in [2.75, 3.05) is 36.5 Å². The van der Waals surface area contributed by atoms with Crippen LogP contribution in [0.1, 0.15) is 12.5 Å². The molecule has 1 N–H and O–H groups in total. The normalized spacial score (nSPS) is 14.9. The van der Waals surface area contributed by atoms with Crippen LogP contribution in [0.5, 0.6) is 0 Å². The van der Waals surface area contributed by atoms with E-state index in [1.165, 1.54) is 17.8 Å². The highest BCUT2D eigenvalue weighted by atomic mass is 32.2. The summed E-state index contributed by atoms with van der Waals surface area (Å²) in [6, 6.07) is 11.0. The summed E-state index contributed by atoms with van der Waals surface area (Å²) in [5.74, 6) is -1.28. The van der Waals surface area contributed by atoms with Gasteiger partial charge in [-0.05, 0) is 38.1 Å². The number of thioether (sulfide) groups is 1. The third kappa shape index (κ3) is 4.91. The molecule has 3 aromatic rings. The highest BCUT2D eigenvalue weighted by Gasteiger charge is 2.25. The molecule has 1 aromatic heterocycles. The van der Waals surface area contributed by atoms with Crippen LogP contribution >= 0.6 is 11.8 Å². The second kappa shape index (κ2) is 9.66. The van der Waals surface area contributed by atoms with Gasteiger partial charge in [-0.2, -0.15) is 0 Å². The summed E-state index contributed by atoms with van der Waals surface area (Å²) < 4.78 is 34.4. The lowest BCUT2D eigenvalue weighted by molar-refractivity contribution is -0.115. The second-order valence-corrected chi connectivity index (χ2v) is 8.73. The Labute approximate surface area is 188 Å². The van der Waals surface area contributed by atoms with Crippen LogP contribution in [0.15, 0.2) is 47.6 Å². The van der Waals surface area contributed by atoms with Crippen molar-refractivity contribution in [2.45, 2.75) is 24.3 Å². The van der Waals surface area contributed by atoms with Crippen molar-refractivity contribution in [1.82, 2.24) is 14.8 Å². The first-order valence-electron chi connectivity index (χ1n) is 10.2. The van der Waals surface area contributed by atoms with E-state index in [0.717, 1.165) is 23.4 Å². The minimum atomic E-state index is -0.826. The first-order valence-corrected chi connectivity index (χ1v) is 11.1. The molecule has 1 aliphatic rings. The molecule has 32 heavy (non-hydrogen) atoms. The van der Waals surface area contributed by atoms with E-state index in [2.05, 4.69) is 20.4 Å². The molecule has 1 atom stereocenters. The Morgan fingerprint density at radius 2 is 1.84 bits per heavy atom. The van der Waals surface area contributed by atoms with E-state index >= 15 is 0 Å². The first-order chi connectivity index (χ1) is 15.4. The number of hydrogen-bond donors (Lipinski definition) is 1. The van der Waals surface area contributed by atoms with Crippen LogP contribution in [0.25, 0.3) is 5.69 Å². The average Bonchev–Trinajstić information content (AvgIpc) is 3.20. The van der Waals surface area contributed by atoms with Crippen LogP contribution in [-0.4, -0.2) is 52.2 Å². The van der Waals surface area contributed by atoms with Crippen molar-refractivity contribution >= 4 is 29.3 Å². The number of rotatable bonds is 6. The number of ether oxygens (including phenoxy) is 1. The van der Waals surface area contributed by atoms with Crippen molar-refractivity contribution in [1.29, 1.82) is 0 Å². The number of amides is 1. The molecule has 0 saturated carbocycles. The Kier molecular flexibility index (Phi) is 6.71. The summed E-state index contributed by atoms with van der Waals surface area (Å²) in [6.45, 7) is 6.29. The molecule has 4 rings (SSSR count). The van der Waals surface area contributed by atoms with Gasteiger partial charge in [-0.25, -0.2) is 8.78 Å². The first kappa shape index (κ1) is 22.2. The fourth-order valence-corrected chi connectivity index (χ4v) is 4.13. The van der Waals surface area contributed by atoms with Gasteiger partial charge in [0, 0.05) is 19.2 Å². The summed E-state index contributed by atoms with van der Waals surface area (Å²) in [5, 5.41) is 11.2. The largest absolute Gasteiger partial charge is 0.378 e. The van der Waals surface area contributed by atoms with Gasteiger partial charge < -0.3 is 15.0 Å². The minimum Gasteiger partial charge on any atom is -0.378 e. The minimum absolute atomic E-state index is 0.0714. The lowest BCUT2D eigenvalue weighted by atomic mass is 10.2. The zero-order valence-electron chi connectivity index (χ0n) is 17.7. The molecule has 10 heteroatoms. The number of hydrogen-bond acceptors (Lipinski definition) is 6. The monoisotopic (exact) mass is 459 g/mol. The molecule has 0 spiro atoms. The molecule has 168 valence electrons. The number of carbonyl (C=O) groups excluding carboxylic acids is 1. The fourth-order valence-electron chi connectivity index (χ4n) is 3.26. The van der Waals surface area contributed by atoms with E-state index in [1.807, 2.05) is 35.8 Å². The van der Waals surface area contributed by atoms with Crippen molar-refractivity contribution in [3.05, 3.63) is 59.7 Å². The molecule has 0 radical (unpaired) electrons. The summed E-state index contributed by atoms with van der Waals surface area (Å²) >= 11 is 1.21. The van der Waals surface area contributed by atoms with Crippen molar-refractivity contribution in [3.63, 3.8) is 0 Å². The predicted octanol–water partition coefficient (Wildman–Crippen LogP) is 3.81. The average molecular weight is 460 g/mol. The summed E-state index contributed by atoms with van der Waals surface area (Å²) in [5.41, 5.74) is 1.93. The maximum Gasteiger partial charge on any atom is 0.237 e. The van der Waals surface area contributed by atoms with E-state index in [-0.39, 0.29) is 5.69 Å². The zero-order chi connectivity index (χ0) is 22.7. The molecule has 1 amide bonds. The zero-order valence-corrected chi connectivity index (χ0v) is 18.5. The third-order valence-electron chi connectivity index (χ3n) is 5.04. The SMILES string of the molecule is Cc1ccc(-n2c(SC(C)C(=O)Nc3ccc(F)cc3F)nnc2N2CCOCC2)cc1. The van der Waals surface area contributed by atoms with E-state index in [1.54, 1.807) is 6.92 Å². The molecule has 2 aromatic carbocycles. The number of aromatic nitrogens is 3. The second-order valence-electron chi connectivity index (χ2n) is 7.43. The Morgan fingerprint density at radius 1 is 1.12 bits per heavy atom. The topological polar surface area (TPSA) is 72.3 Å². The smallest absolute Gasteiger partial charge is 0.237 e. The van der Waals surface area contributed by atoms with Gasteiger partial charge in [0.05, 0.1) is 29.8 Å². The van der Waals surface area contributed by atoms with Crippen LogP contribution in [0.2, 0.25) is 0 Å². The van der Waals surface area contributed by atoms with E-state index < -0.39 is 22.8 Å². The van der Waals surface area contributed by atoms with Gasteiger partial charge in [0.2, 0.25) is 11.9 Å². The Bertz CT molecular complexity index is 1100. The molecule has 0 bridgehead atoms. The van der Waals surface area contributed by atoms with Crippen LogP contribution in [0.4, 0.5) is 20.4 Å². The van der Waals surface area contributed by atoms with Gasteiger partial charge in [-0.15, -0.1) is 10.2 Å². The van der Waals surface area contributed by atoms with Crippen molar-refractivity contribution < 1.29 is 18.3 Å². The number of nitrogens with one attached hydrogen (secondary N) is 1. The summed E-state index contributed by atoms with van der Waals surface area (Å²) in [6.07, 6.45) is 0. The van der Waals surface area contributed by atoms with E-state index in [4.69, 9.17) is 4.74 Å². The Balaban J connectivity index is 1.58. The van der Waals surface area contributed by atoms with Gasteiger partial charge in [-0.1, -0.05) is 29.5 Å². The Morgan fingerprint density at radius 3 is 2.53 bits per heavy atom. The lowest BCUT2D eigenvalue weighted by Gasteiger charge is -2.28. The van der Waals surface area contributed by atoms with Crippen LogP contribution < -0.4 is 10.2 Å². The summed E-state index contributed by atoms with van der Waals surface area (Å²) in [4.78, 5) is 14.8. The van der Waals surface area contributed by atoms with Gasteiger partial charge in [0.15, 0.2) is 5.16 Å². The number of morpholine rings is 1. The maximum absolute atomic E-state index is 13.9. The standard InChI is InChI=1S/C22H23F2N5O2S/c1-14-3-6-17(7-4-14)29-21(28-9-11-31-12-10-28)26-27-22(29)32-15(2)20(30)25-19-8-5-16(23)13-18(19)24/h3-8,13,15H,9-12H2,1-2H3,(H,25,30). The Hall–Kier alpha value is -2.98. The fraction of sp³-hybridized carbons (Fsp3) is 0.318. The number of nitrogens with zero attached hydrogens (tertiary/aromatic N) is 4. The lowest BCUT2D eigenvalue weighted by Crippen LogP contribution is -2.38. The molecule has 2 heterocycles. The number of benzene rings is 2. The molecule has 1 fully saturated rings. The quantitative estimate of drug-likeness (QED) is 0.566. The number of halogens is 2.